The van der Waals surface area contributed by atoms with Crippen molar-refractivity contribution in [3.05, 3.63) is 185 Å². The molecule has 8 rings (SSSR count). The molecule has 0 saturated carbocycles. The van der Waals surface area contributed by atoms with Gasteiger partial charge in [0.05, 0.1) is 0 Å². The van der Waals surface area contributed by atoms with E-state index < -0.39 is 0 Å². The molecule has 0 heterocycles. The standard InChI is InChI=1S/C45H34BrN/c1-45(2)43-11-7-6-10-41(43)42-29-28-40(30-44(42)45)47(39-26-20-36(21-27-39)34-16-22-37(46)23-17-34)38-24-18-35(19-25-38)33-14-12-32(13-15-33)31-8-4-3-5-9-31/h3-30H,1-2H3. The summed E-state index contributed by atoms with van der Waals surface area (Å²) >= 11 is 3.57. The van der Waals surface area contributed by atoms with Gasteiger partial charge in [-0.3, -0.25) is 0 Å². The zero-order chi connectivity index (χ0) is 32.0. The molecule has 0 spiro atoms. The predicted octanol–water partition coefficient (Wildman–Crippen LogP) is 13.2. The van der Waals surface area contributed by atoms with Gasteiger partial charge in [-0.25, -0.2) is 0 Å². The largest absolute Gasteiger partial charge is 0.310 e. The van der Waals surface area contributed by atoms with Crippen LogP contribution in [-0.2, 0) is 5.41 Å². The van der Waals surface area contributed by atoms with E-state index in [4.69, 9.17) is 0 Å². The molecule has 7 aromatic carbocycles. The molecule has 0 N–H and O–H groups in total. The van der Waals surface area contributed by atoms with Gasteiger partial charge in [0, 0.05) is 26.9 Å². The smallest absolute Gasteiger partial charge is 0.0465 e. The minimum atomic E-state index is -0.0746. The molecule has 7 aromatic rings. The molecule has 0 amide bonds. The van der Waals surface area contributed by atoms with Crippen LogP contribution in [0.3, 0.4) is 0 Å². The second kappa shape index (κ2) is 11.9. The Hall–Kier alpha value is -5.18. The van der Waals surface area contributed by atoms with Crippen LogP contribution in [0.25, 0.3) is 44.5 Å². The third-order valence-corrected chi connectivity index (χ3v) is 10.1. The molecule has 0 aromatic heterocycles. The van der Waals surface area contributed by atoms with Crippen LogP contribution in [0.1, 0.15) is 25.0 Å². The molecule has 0 fully saturated rings. The molecule has 1 aliphatic carbocycles. The third-order valence-electron chi connectivity index (χ3n) is 9.58. The molecule has 2 heteroatoms. The molecule has 0 saturated heterocycles. The maximum Gasteiger partial charge on any atom is 0.0465 e. The van der Waals surface area contributed by atoms with Crippen molar-refractivity contribution in [2.75, 3.05) is 4.90 Å². The Balaban J connectivity index is 1.18. The highest BCUT2D eigenvalue weighted by Gasteiger charge is 2.35. The van der Waals surface area contributed by atoms with Crippen LogP contribution in [0.4, 0.5) is 17.1 Å². The summed E-state index contributed by atoms with van der Waals surface area (Å²) in [5.74, 6) is 0. The van der Waals surface area contributed by atoms with E-state index in [1.807, 2.05) is 0 Å². The molecular weight excluding hydrogens is 634 g/mol. The molecule has 47 heavy (non-hydrogen) atoms. The van der Waals surface area contributed by atoms with Crippen LogP contribution in [0.15, 0.2) is 174 Å². The molecule has 226 valence electrons. The van der Waals surface area contributed by atoms with Gasteiger partial charge in [-0.1, -0.05) is 151 Å². The minimum Gasteiger partial charge on any atom is -0.310 e. The van der Waals surface area contributed by atoms with Crippen molar-refractivity contribution in [2.24, 2.45) is 0 Å². The number of halogens is 1. The first-order valence-electron chi connectivity index (χ1n) is 16.1. The highest BCUT2D eigenvalue weighted by molar-refractivity contribution is 9.10. The zero-order valence-electron chi connectivity index (χ0n) is 26.5. The van der Waals surface area contributed by atoms with Gasteiger partial charge in [0.1, 0.15) is 0 Å². The number of hydrogen-bond donors (Lipinski definition) is 0. The molecule has 1 nitrogen and oxygen atoms in total. The molecule has 0 atom stereocenters. The lowest BCUT2D eigenvalue weighted by Crippen LogP contribution is -2.16. The Morgan fingerprint density at radius 2 is 0.787 bits per heavy atom. The van der Waals surface area contributed by atoms with Crippen LogP contribution in [0, 0.1) is 0 Å². The topological polar surface area (TPSA) is 3.24 Å². The van der Waals surface area contributed by atoms with Crippen LogP contribution in [0.2, 0.25) is 0 Å². The van der Waals surface area contributed by atoms with E-state index >= 15 is 0 Å². The second-order valence-corrected chi connectivity index (χ2v) is 13.7. The van der Waals surface area contributed by atoms with Gasteiger partial charge in [0.2, 0.25) is 0 Å². The van der Waals surface area contributed by atoms with Crippen molar-refractivity contribution in [3.63, 3.8) is 0 Å². The monoisotopic (exact) mass is 667 g/mol. The normalized spacial score (nSPS) is 12.7. The fourth-order valence-corrected chi connectivity index (χ4v) is 7.28. The molecular formula is C45H34BrN. The van der Waals surface area contributed by atoms with E-state index in [9.17, 15) is 0 Å². The van der Waals surface area contributed by atoms with Crippen molar-refractivity contribution < 1.29 is 0 Å². The first kappa shape index (κ1) is 29.2. The highest BCUT2D eigenvalue weighted by Crippen LogP contribution is 2.50. The Bertz CT molecular complexity index is 2180. The highest BCUT2D eigenvalue weighted by atomic mass is 79.9. The van der Waals surface area contributed by atoms with E-state index in [0.29, 0.717) is 0 Å². The molecule has 1 aliphatic rings. The summed E-state index contributed by atoms with van der Waals surface area (Å²) in [5.41, 5.74) is 16.0. The first-order chi connectivity index (χ1) is 23.0. The fraction of sp³-hybridized carbons (Fsp3) is 0.0667. The summed E-state index contributed by atoms with van der Waals surface area (Å²) in [4.78, 5) is 2.38. The van der Waals surface area contributed by atoms with Crippen LogP contribution < -0.4 is 4.90 Å². The lowest BCUT2D eigenvalue weighted by molar-refractivity contribution is 0.660. The van der Waals surface area contributed by atoms with Crippen molar-refractivity contribution in [1.82, 2.24) is 0 Å². The lowest BCUT2D eigenvalue weighted by atomic mass is 9.82. The van der Waals surface area contributed by atoms with E-state index in [1.54, 1.807) is 0 Å². The van der Waals surface area contributed by atoms with Gasteiger partial charge in [-0.15, -0.1) is 0 Å². The van der Waals surface area contributed by atoms with E-state index in [1.165, 1.54) is 55.6 Å². The Kier molecular flexibility index (Phi) is 7.39. The van der Waals surface area contributed by atoms with Crippen LogP contribution >= 0.6 is 15.9 Å². The van der Waals surface area contributed by atoms with E-state index in [-0.39, 0.29) is 5.41 Å². The maximum atomic E-state index is 3.57. The van der Waals surface area contributed by atoms with E-state index in [2.05, 4.69) is 205 Å². The Morgan fingerprint density at radius 1 is 0.383 bits per heavy atom. The van der Waals surface area contributed by atoms with E-state index in [0.717, 1.165) is 21.5 Å². The number of rotatable bonds is 6. The summed E-state index contributed by atoms with van der Waals surface area (Å²) in [6.45, 7) is 4.69. The SMILES string of the molecule is CC1(C)c2ccccc2-c2ccc(N(c3ccc(-c4ccc(Br)cc4)cc3)c3ccc(-c4ccc(-c5ccccc5)cc4)cc3)cc21. The van der Waals surface area contributed by atoms with Gasteiger partial charge in [-0.2, -0.15) is 0 Å². The molecule has 0 unspecified atom stereocenters. The summed E-state index contributed by atoms with van der Waals surface area (Å²) in [6, 6.07) is 61.6. The Morgan fingerprint density at radius 3 is 1.34 bits per heavy atom. The first-order valence-corrected chi connectivity index (χ1v) is 16.9. The van der Waals surface area contributed by atoms with Gasteiger partial charge < -0.3 is 4.90 Å². The van der Waals surface area contributed by atoms with Crippen molar-refractivity contribution in [3.8, 4) is 44.5 Å². The average molecular weight is 669 g/mol. The maximum absolute atomic E-state index is 3.57. The number of fused-ring (bicyclic) bond motifs is 3. The number of anilines is 3. The zero-order valence-corrected chi connectivity index (χ0v) is 28.1. The van der Waals surface area contributed by atoms with Gasteiger partial charge in [0.15, 0.2) is 0 Å². The van der Waals surface area contributed by atoms with Crippen molar-refractivity contribution >= 4 is 33.0 Å². The number of hydrogen-bond acceptors (Lipinski definition) is 1. The minimum absolute atomic E-state index is 0.0746. The van der Waals surface area contributed by atoms with Crippen molar-refractivity contribution in [1.29, 1.82) is 0 Å². The Labute approximate surface area is 285 Å². The summed E-state index contributed by atoms with van der Waals surface area (Å²) in [7, 11) is 0. The molecule has 0 aliphatic heterocycles. The fourth-order valence-electron chi connectivity index (χ4n) is 7.01. The van der Waals surface area contributed by atoms with Crippen molar-refractivity contribution in [2.45, 2.75) is 19.3 Å². The summed E-state index contributed by atoms with van der Waals surface area (Å²) < 4.78 is 1.08. The average Bonchev–Trinajstić information content (AvgIpc) is 3.35. The lowest BCUT2D eigenvalue weighted by Gasteiger charge is -2.28. The number of nitrogens with zero attached hydrogens (tertiary/aromatic N) is 1. The predicted molar refractivity (Wildman–Crippen MR) is 203 cm³/mol. The summed E-state index contributed by atoms with van der Waals surface area (Å²) in [6.07, 6.45) is 0. The van der Waals surface area contributed by atoms with Gasteiger partial charge in [-0.05, 0) is 104 Å². The molecule has 0 bridgehead atoms. The van der Waals surface area contributed by atoms with Gasteiger partial charge in [0.25, 0.3) is 0 Å². The molecule has 0 radical (unpaired) electrons. The third kappa shape index (κ3) is 5.39. The quantitative estimate of drug-likeness (QED) is 0.170. The summed E-state index contributed by atoms with van der Waals surface area (Å²) in [5, 5.41) is 0. The second-order valence-electron chi connectivity index (χ2n) is 12.8. The van der Waals surface area contributed by atoms with Gasteiger partial charge >= 0.3 is 0 Å². The van der Waals surface area contributed by atoms with Crippen LogP contribution in [0.5, 0.6) is 0 Å². The number of benzene rings is 7. The van der Waals surface area contributed by atoms with Crippen LogP contribution in [-0.4, -0.2) is 0 Å².